The molecule has 100 valence electrons. The maximum Gasteiger partial charge on any atom is 0.242 e. The van der Waals surface area contributed by atoms with E-state index >= 15 is 0 Å². The summed E-state index contributed by atoms with van der Waals surface area (Å²) in [5, 5.41) is 3.66. The van der Waals surface area contributed by atoms with Crippen LogP contribution in [0, 0.1) is 0 Å². The van der Waals surface area contributed by atoms with Crippen LogP contribution in [0.4, 0.5) is 17.2 Å². The summed E-state index contributed by atoms with van der Waals surface area (Å²) in [7, 11) is 0. The molecule has 1 aromatic carbocycles. The van der Waals surface area contributed by atoms with E-state index in [1.165, 1.54) is 6.33 Å². The van der Waals surface area contributed by atoms with Crippen LogP contribution in [-0.4, -0.2) is 16.1 Å². The van der Waals surface area contributed by atoms with Gasteiger partial charge in [-0.3, -0.25) is 0 Å². The Kier molecular flexibility index (Phi) is 4.06. The van der Waals surface area contributed by atoms with Crippen molar-refractivity contribution in [1.82, 2.24) is 9.97 Å². The van der Waals surface area contributed by atoms with Gasteiger partial charge in [0.15, 0.2) is 5.82 Å². The predicted octanol–water partition coefficient (Wildman–Crippen LogP) is 3.24. The van der Waals surface area contributed by atoms with E-state index in [-0.39, 0.29) is 6.10 Å². The molecule has 0 amide bonds. The Morgan fingerprint density at radius 3 is 2.68 bits per heavy atom. The fraction of sp³-hybridized carbons (Fsp3) is 0.231. The maximum atomic E-state index is 6.07. The SMILES string of the molecule is CC(C)Oc1ncnc(Nc2ccccc2Cl)c1N. The summed E-state index contributed by atoms with van der Waals surface area (Å²) >= 11 is 6.07. The summed E-state index contributed by atoms with van der Waals surface area (Å²) in [6.07, 6.45) is 1.39. The van der Waals surface area contributed by atoms with Crippen molar-refractivity contribution in [3.05, 3.63) is 35.6 Å². The first-order valence-electron chi connectivity index (χ1n) is 5.86. The van der Waals surface area contributed by atoms with Crippen molar-refractivity contribution in [2.75, 3.05) is 11.1 Å². The molecule has 0 unspecified atom stereocenters. The van der Waals surface area contributed by atoms with E-state index in [2.05, 4.69) is 15.3 Å². The van der Waals surface area contributed by atoms with Crippen LogP contribution in [0.25, 0.3) is 0 Å². The third kappa shape index (κ3) is 3.26. The van der Waals surface area contributed by atoms with Gasteiger partial charge in [-0.1, -0.05) is 23.7 Å². The van der Waals surface area contributed by atoms with E-state index in [0.29, 0.717) is 22.4 Å². The van der Waals surface area contributed by atoms with E-state index in [0.717, 1.165) is 5.69 Å². The number of nitrogens with zero attached hydrogens (tertiary/aromatic N) is 2. The molecule has 0 aliphatic carbocycles. The number of hydrogen-bond acceptors (Lipinski definition) is 5. The van der Waals surface area contributed by atoms with E-state index in [9.17, 15) is 0 Å². The first-order chi connectivity index (χ1) is 9.08. The summed E-state index contributed by atoms with van der Waals surface area (Å²) in [5.74, 6) is 0.832. The minimum Gasteiger partial charge on any atom is -0.473 e. The highest BCUT2D eigenvalue weighted by Crippen LogP contribution is 2.30. The molecule has 0 atom stereocenters. The number of para-hydroxylation sites is 1. The normalized spacial score (nSPS) is 10.5. The second kappa shape index (κ2) is 5.75. The van der Waals surface area contributed by atoms with Crippen molar-refractivity contribution < 1.29 is 4.74 Å². The number of rotatable bonds is 4. The molecular formula is C13H15ClN4O. The summed E-state index contributed by atoms with van der Waals surface area (Å²) in [4.78, 5) is 8.11. The molecule has 0 saturated heterocycles. The number of anilines is 3. The number of ether oxygens (including phenoxy) is 1. The lowest BCUT2D eigenvalue weighted by molar-refractivity contribution is 0.234. The van der Waals surface area contributed by atoms with Gasteiger partial charge in [-0.15, -0.1) is 0 Å². The van der Waals surface area contributed by atoms with Crippen LogP contribution in [-0.2, 0) is 0 Å². The molecule has 19 heavy (non-hydrogen) atoms. The Balaban J connectivity index is 2.28. The molecule has 5 nitrogen and oxygen atoms in total. The van der Waals surface area contributed by atoms with Gasteiger partial charge in [0.2, 0.25) is 5.88 Å². The highest BCUT2D eigenvalue weighted by molar-refractivity contribution is 6.33. The molecule has 0 aliphatic rings. The van der Waals surface area contributed by atoms with Crippen molar-refractivity contribution in [3.63, 3.8) is 0 Å². The van der Waals surface area contributed by atoms with Crippen molar-refractivity contribution in [3.8, 4) is 5.88 Å². The van der Waals surface area contributed by atoms with Crippen LogP contribution in [0.3, 0.4) is 0 Å². The molecule has 3 N–H and O–H groups in total. The van der Waals surface area contributed by atoms with Gasteiger partial charge in [-0.05, 0) is 26.0 Å². The van der Waals surface area contributed by atoms with Crippen LogP contribution in [0.5, 0.6) is 5.88 Å². The van der Waals surface area contributed by atoms with Gasteiger partial charge in [0.25, 0.3) is 0 Å². The van der Waals surface area contributed by atoms with Gasteiger partial charge < -0.3 is 15.8 Å². The zero-order valence-corrected chi connectivity index (χ0v) is 11.5. The Morgan fingerprint density at radius 1 is 1.26 bits per heavy atom. The number of nitrogen functional groups attached to an aromatic ring is 1. The van der Waals surface area contributed by atoms with E-state index in [4.69, 9.17) is 22.1 Å². The van der Waals surface area contributed by atoms with E-state index in [1.54, 1.807) is 6.07 Å². The average Bonchev–Trinajstić information content (AvgIpc) is 2.36. The fourth-order valence-corrected chi connectivity index (χ4v) is 1.67. The minimum atomic E-state index is -0.00892. The molecule has 1 aromatic heterocycles. The predicted molar refractivity (Wildman–Crippen MR) is 76.9 cm³/mol. The molecule has 2 aromatic rings. The smallest absolute Gasteiger partial charge is 0.242 e. The van der Waals surface area contributed by atoms with Crippen LogP contribution in [0.2, 0.25) is 5.02 Å². The highest BCUT2D eigenvalue weighted by atomic mass is 35.5. The summed E-state index contributed by atoms with van der Waals surface area (Å²) in [6, 6.07) is 7.35. The topological polar surface area (TPSA) is 73.1 Å². The monoisotopic (exact) mass is 278 g/mol. The van der Waals surface area contributed by atoms with Gasteiger partial charge in [0, 0.05) is 0 Å². The Hall–Kier alpha value is -2.01. The molecule has 6 heteroatoms. The summed E-state index contributed by atoms with van der Waals surface area (Å²) < 4.78 is 5.50. The standard InChI is InChI=1S/C13H15ClN4O/c1-8(2)19-13-11(15)12(16-7-17-13)18-10-6-4-3-5-9(10)14/h3-8H,15H2,1-2H3,(H,16,17,18). The Bertz CT molecular complexity index is 574. The molecule has 0 aliphatic heterocycles. The van der Waals surface area contributed by atoms with E-state index < -0.39 is 0 Å². The molecule has 1 heterocycles. The largest absolute Gasteiger partial charge is 0.473 e. The van der Waals surface area contributed by atoms with Gasteiger partial charge >= 0.3 is 0 Å². The molecular weight excluding hydrogens is 264 g/mol. The highest BCUT2D eigenvalue weighted by Gasteiger charge is 2.11. The first kappa shape index (κ1) is 13.4. The van der Waals surface area contributed by atoms with Gasteiger partial charge in [-0.25, -0.2) is 4.98 Å². The van der Waals surface area contributed by atoms with Gasteiger partial charge in [0.05, 0.1) is 16.8 Å². The minimum absolute atomic E-state index is 0.00892. The second-order valence-corrected chi connectivity index (χ2v) is 4.62. The zero-order chi connectivity index (χ0) is 13.8. The first-order valence-corrected chi connectivity index (χ1v) is 6.24. The summed E-state index contributed by atoms with van der Waals surface area (Å²) in [5.41, 5.74) is 7.06. The molecule has 0 saturated carbocycles. The Morgan fingerprint density at radius 2 is 2.00 bits per heavy atom. The van der Waals surface area contributed by atoms with Crippen molar-refractivity contribution >= 4 is 28.8 Å². The Labute approximate surface area is 116 Å². The van der Waals surface area contributed by atoms with Gasteiger partial charge in [-0.2, -0.15) is 4.98 Å². The lowest BCUT2D eigenvalue weighted by Gasteiger charge is -2.14. The number of benzene rings is 1. The van der Waals surface area contributed by atoms with Crippen molar-refractivity contribution in [2.45, 2.75) is 20.0 Å². The quantitative estimate of drug-likeness (QED) is 0.898. The number of halogens is 1. The number of aromatic nitrogens is 2. The third-order valence-corrected chi connectivity index (χ3v) is 2.65. The van der Waals surface area contributed by atoms with Crippen LogP contribution < -0.4 is 15.8 Å². The van der Waals surface area contributed by atoms with E-state index in [1.807, 2.05) is 32.0 Å². The maximum absolute atomic E-state index is 6.07. The van der Waals surface area contributed by atoms with Crippen LogP contribution >= 0.6 is 11.6 Å². The van der Waals surface area contributed by atoms with Crippen molar-refractivity contribution in [1.29, 1.82) is 0 Å². The van der Waals surface area contributed by atoms with Crippen LogP contribution in [0.15, 0.2) is 30.6 Å². The number of nitrogens with one attached hydrogen (secondary N) is 1. The molecule has 0 fully saturated rings. The zero-order valence-electron chi connectivity index (χ0n) is 10.7. The van der Waals surface area contributed by atoms with Crippen molar-refractivity contribution in [2.24, 2.45) is 0 Å². The average molecular weight is 279 g/mol. The summed E-state index contributed by atoms with van der Waals surface area (Å²) in [6.45, 7) is 3.81. The van der Waals surface area contributed by atoms with Crippen LogP contribution in [0.1, 0.15) is 13.8 Å². The molecule has 0 spiro atoms. The fourth-order valence-electron chi connectivity index (χ4n) is 1.49. The third-order valence-electron chi connectivity index (χ3n) is 2.32. The number of nitrogens with two attached hydrogens (primary N) is 1. The number of hydrogen-bond donors (Lipinski definition) is 2. The van der Waals surface area contributed by atoms with Gasteiger partial charge in [0.1, 0.15) is 12.0 Å². The molecule has 0 radical (unpaired) electrons. The lowest BCUT2D eigenvalue weighted by atomic mass is 10.3. The molecule has 2 rings (SSSR count). The lowest BCUT2D eigenvalue weighted by Crippen LogP contribution is -2.10. The molecule has 0 bridgehead atoms. The second-order valence-electron chi connectivity index (χ2n) is 4.21.